The van der Waals surface area contributed by atoms with E-state index in [0.29, 0.717) is 0 Å². The predicted molar refractivity (Wildman–Crippen MR) is 77.3 cm³/mol. The number of hydrogen-bond donors (Lipinski definition) is 2. The third-order valence-corrected chi connectivity index (χ3v) is 3.00. The minimum Gasteiger partial charge on any atom is -0.399 e. The van der Waals surface area contributed by atoms with Crippen molar-refractivity contribution in [1.29, 1.82) is 0 Å². The molecule has 1 heterocycles. The summed E-state index contributed by atoms with van der Waals surface area (Å²) in [5.41, 5.74) is 13.4. The van der Waals surface area contributed by atoms with Crippen molar-refractivity contribution in [3.8, 4) is 0 Å². The van der Waals surface area contributed by atoms with Gasteiger partial charge in [-0.05, 0) is 18.1 Å². The van der Waals surface area contributed by atoms with Crippen molar-refractivity contribution in [2.24, 2.45) is 21.7 Å². The van der Waals surface area contributed by atoms with E-state index < -0.39 is 0 Å². The highest BCUT2D eigenvalue weighted by Gasteiger charge is 2.24. The van der Waals surface area contributed by atoms with E-state index in [0.717, 1.165) is 17.7 Å². The third kappa shape index (κ3) is 3.49. The van der Waals surface area contributed by atoms with Crippen molar-refractivity contribution in [3.05, 3.63) is 72.1 Å². The zero-order valence-corrected chi connectivity index (χ0v) is 10.9. The van der Waals surface area contributed by atoms with Crippen LogP contribution in [0.1, 0.15) is 12.0 Å². The molecule has 0 fully saturated rings. The summed E-state index contributed by atoms with van der Waals surface area (Å²) in [4.78, 5) is 9.90. The van der Waals surface area contributed by atoms with Crippen LogP contribution in [0.15, 0.2) is 76.8 Å². The van der Waals surface area contributed by atoms with Gasteiger partial charge in [0.05, 0.1) is 11.7 Å². The number of carbonyl (C=O) groups is 1. The first kappa shape index (κ1) is 13.9. The van der Waals surface area contributed by atoms with Crippen LogP contribution in [0.5, 0.6) is 0 Å². The molecule has 2 aliphatic rings. The first-order valence-corrected chi connectivity index (χ1v) is 6.21. The van der Waals surface area contributed by atoms with Crippen LogP contribution in [-0.4, -0.2) is 5.91 Å². The van der Waals surface area contributed by atoms with Crippen LogP contribution in [0.2, 0.25) is 0 Å². The molecule has 1 amide bonds. The fourth-order valence-corrected chi connectivity index (χ4v) is 1.85. The molecule has 0 saturated heterocycles. The Balaban J connectivity index is 0.000000205. The molecule has 3 rings (SSSR count). The van der Waals surface area contributed by atoms with Crippen LogP contribution in [0.4, 0.5) is 0 Å². The molecule has 1 aliphatic heterocycles. The molecule has 0 saturated carbocycles. The molecule has 0 radical (unpaired) electrons. The maximum atomic E-state index is 9.90. The van der Waals surface area contributed by atoms with E-state index in [9.17, 15) is 4.79 Å². The van der Waals surface area contributed by atoms with Crippen molar-refractivity contribution < 1.29 is 4.79 Å². The fourth-order valence-electron chi connectivity index (χ4n) is 1.85. The second-order valence-electron chi connectivity index (χ2n) is 4.52. The number of amides is 1. The quantitative estimate of drug-likeness (QED) is 0.817. The summed E-state index contributed by atoms with van der Waals surface area (Å²) in [6.45, 7) is 0. The van der Waals surface area contributed by atoms with E-state index >= 15 is 0 Å². The average molecular weight is 268 g/mol. The molecular weight excluding hydrogens is 252 g/mol. The Bertz CT molecular complexity index is 588. The monoisotopic (exact) mass is 268 g/mol. The Kier molecular flexibility index (Phi) is 4.22. The zero-order valence-electron chi connectivity index (χ0n) is 10.9. The Morgan fingerprint density at radius 3 is 2.35 bits per heavy atom. The van der Waals surface area contributed by atoms with Crippen LogP contribution in [0, 0.1) is 0 Å². The minimum absolute atomic E-state index is 0.269. The fraction of sp³-hybridized carbons (Fsp3) is 0.133. The smallest absolute Gasteiger partial charge is 0.289 e. The van der Waals surface area contributed by atoms with Gasteiger partial charge in [0.25, 0.3) is 5.91 Å². The molecule has 0 bridgehead atoms. The van der Waals surface area contributed by atoms with E-state index in [-0.39, 0.29) is 11.4 Å². The standard InChI is InChI=1S/C12H14N2.C3H2N2O/c13-11-6-8-12(14,9-7-11)10-4-2-1-3-5-10;6-3-1-2-4-5-3/h1-8H,9,13-14H2;1-2H. The molecule has 5 heteroatoms. The van der Waals surface area contributed by atoms with Crippen LogP contribution in [-0.2, 0) is 10.3 Å². The Hall–Kier alpha value is -2.53. The molecule has 1 aliphatic carbocycles. The molecule has 0 aromatic heterocycles. The normalized spacial score (nSPS) is 23.2. The number of nitrogens with zero attached hydrogens (tertiary/aromatic N) is 2. The van der Waals surface area contributed by atoms with Gasteiger partial charge < -0.3 is 11.5 Å². The number of azo groups is 1. The topological polar surface area (TPSA) is 93.8 Å². The third-order valence-electron chi connectivity index (χ3n) is 3.00. The summed E-state index contributed by atoms with van der Waals surface area (Å²) in [5, 5.41) is 6.37. The Labute approximate surface area is 117 Å². The van der Waals surface area contributed by atoms with Crippen molar-refractivity contribution in [2.75, 3.05) is 0 Å². The summed E-state index contributed by atoms with van der Waals surface area (Å²) in [7, 11) is 0. The summed E-state index contributed by atoms with van der Waals surface area (Å²) in [5.74, 6) is -0.269. The molecule has 5 nitrogen and oxygen atoms in total. The molecule has 0 spiro atoms. The highest BCUT2D eigenvalue weighted by molar-refractivity contribution is 5.89. The lowest BCUT2D eigenvalue weighted by molar-refractivity contribution is -0.113. The zero-order chi connectivity index (χ0) is 14.4. The molecule has 20 heavy (non-hydrogen) atoms. The summed E-state index contributed by atoms with van der Waals surface area (Å²) in [6, 6.07) is 10.1. The SMILES string of the molecule is NC1=CCC(N)(c2ccccc2)C=C1.O=C1C=CN=N1. The van der Waals surface area contributed by atoms with Gasteiger partial charge in [-0.2, -0.15) is 5.11 Å². The van der Waals surface area contributed by atoms with Crippen LogP contribution in [0.25, 0.3) is 0 Å². The van der Waals surface area contributed by atoms with E-state index in [1.54, 1.807) is 0 Å². The average Bonchev–Trinajstić information content (AvgIpc) is 2.95. The van der Waals surface area contributed by atoms with E-state index in [1.165, 1.54) is 12.3 Å². The van der Waals surface area contributed by atoms with Gasteiger partial charge in [-0.25, -0.2) is 0 Å². The second kappa shape index (κ2) is 6.08. The van der Waals surface area contributed by atoms with Gasteiger partial charge in [0.2, 0.25) is 0 Å². The molecule has 1 unspecified atom stereocenters. The number of hydrogen-bond acceptors (Lipinski definition) is 4. The lowest BCUT2D eigenvalue weighted by atomic mass is 9.84. The van der Waals surface area contributed by atoms with Crippen molar-refractivity contribution in [1.82, 2.24) is 0 Å². The van der Waals surface area contributed by atoms with Crippen LogP contribution < -0.4 is 11.5 Å². The molecule has 1 atom stereocenters. The maximum absolute atomic E-state index is 9.90. The summed E-state index contributed by atoms with van der Waals surface area (Å²) in [6.07, 6.45) is 9.24. The largest absolute Gasteiger partial charge is 0.399 e. The number of carbonyl (C=O) groups excluding carboxylic acids is 1. The Morgan fingerprint density at radius 1 is 1.15 bits per heavy atom. The molecule has 4 N–H and O–H groups in total. The van der Waals surface area contributed by atoms with Gasteiger partial charge in [0.15, 0.2) is 0 Å². The molecule has 1 aromatic carbocycles. The second-order valence-corrected chi connectivity index (χ2v) is 4.52. The van der Waals surface area contributed by atoms with Crippen molar-refractivity contribution in [2.45, 2.75) is 12.0 Å². The van der Waals surface area contributed by atoms with E-state index in [2.05, 4.69) is 10.2 Å². The van der Waals surface area contributed by atoms with Gasteiger partial charge >= 0.3 is 0 Å². The predicted octanol–water partition coefficient (Wildman–Crippen LogP) is 2.14. The van der Waals surface area contributed by atoms with Gasteiger partial charge in [0.1, 0.15) is 0 Å². The van der Waals surface area contributed by atoms with Gasteiger partial charge in [-0.1, -0.05) is 42.5 Å². The number of allylic oxidation sites excluding steroid dienone is 1. The van der Waals surface area contributed by atoms with Crippen LogP contribution in [0.3, 0.4) is 0 Å². The highest BCUT2D eigenvalue weighted by atomic mass is 16.1. The number of rotatable bonds is 1. The van der Waals surface area contributed by atoms with Crippen molar-refractivity contribution in [3.63, 3.8) is 0 Å². The highest BCUT2D eigenvalue weighted by Crippen LogP contribution is 2.27. The van der Waals surface area contributed by atoms with Crippen molar-refractivity contribution >= 4 is 5.91 Å². The lowest BCUT2D eigenvalue weighted by Crippen LogP contribution is -2.35. The number of nitrogens with two attached hydrogens (primary N) is 2. The van der Waals surface area contributed by atoms with Gasteiger partial charge in [-0.15, -0.1) is 5.11 Å². The Morgan fingerprint density at radius 2 is 1.90 bits per heavy atom. The van der Waals surface area contributed by atoms with E-state index in [4.69, 9.17) is 11.5 Å². The van der Waals surface area contributed by atoms with Gasteiger partial charge in [0, 0.05) is 11.8 Å². The lowest BCUT2D eigenvalue weighted by Gasteiger charge is -2.27. The molecular formula is C15H16N4O. The first-order chi connectivity index (χ1) is 9.60. The first-order valence-electron chi connectivity index (χ1n) is 6.21. The number of benzene rings is 1. The van der Waals surface area contributed by atoms with E-state index in [1.807, 2.05) is 48.6 Å². The van der Waals surface area contributed by atoms with Gasteiger partial charge in [-0.3, -0.25) is 4.79 Å². The maximum Gasteiger partial charge on any atom is 0.289 e. The minimum atomic E-state index is -0.385. The van der Waals surface area contributed by atoms with Crippen LogP contribution >= 0.6 is 0 Å². The summed E-state index contributed by atoms with van der Waals surface area (Å²) < 4.78 is 0. The molecule has 102 valence electrons. The summed E-state index contributed by atoms with van der Waals surface area (Å²) >= 11 is 0. The molecule has 1 aromatic rings.